The molecule has 0 spiro atoms. The van der Waals surface area contributed by atoms with Gasteiger partial charge in [0.2, 0.25) is 5.91 Å². The van der Waals surface area contributed by atoms with Crippen molar-refractivity contribution in [2.45, 2.75) is 19.4 Å². The number of amides is 2. The van der Waals surface area contributed by atoms with Crippen molar-refractivity contribution in [2.24, 2.45) is 11.8 Å². The van der Waals surface area contributed by atoms with Crippen LogP contribution in [-0.2, 0) is 11.3 Å². The maximum absolute atomic E-state index is 12.4. The van der Waals surface area contributed by atoms with E-state index in [1.807, 2.05) is 22.9 Å². The van der Waals surface area contributed by atoms with Crippen molar-refractivity contribution < 1.29 is 14.3 Å². The van der Waals surface area contributed by atoms with E-state index in [4.69, 9.17) is 4.74 Å². The van der Waals surface area contributed by atoms with Gasteiger partial charge in [0, 0.05) is 44.6 Å². The van der Waals surface area contributed by atoms with Gasteiger partial charge in [0.25, 0.3) is 5.91 Å². The smallest absolute Gasteiger partial charge is 0.273 e. The number of carbonyl (C=O) groups is 2. The van der Waals surface area contributed by atoms with Crippen molar-refractivity contribution in [3.05, 3.63) is 36.3 Å². The first kappa shape index (κ1) is 22.7. The van der Waals surface area contributed by atoms with Gasteiger partial charge in [-0.05, 0) is 25.0 Å². The third kappa shape index (κ3) is 4.92. The molecule has 2 amide bonds. The Morgan fingerprint density at radius 3 is 2.71 bits per heavy atom. The van der Waals surface area contributed by atoms with E-state index in [-0.39, 0.29) is 23.3 Å². The van der Waals surface area contributed by atoms with E-state index < -0.39 is 5.91 Å². The molecule has 12 heteroatoms. The van der Waals surface area contributed by atoms with Crippen LogP contribution in [0.15, 0.2) is 30.6 Å². The van der Waals surface area contributed by atoms with E-state index in [1.54, 1.807) is 19.5 Å². The average molecular weight is 478 g/mol. The van der Waals surface area contributed by atoms with Crippen molar-refractivity contribution in [1.82, 2.24) is 35.6 Å². The highest BCUT2D eigenvalue weighted by Crippen LogP contribution is 2.37. The number of methoxy groups -OCH3 is 1. The largest absolute Gasteiger partial charge is 0.494 e. The van der Waals surface area contributed by atoms with E-state index in [1.165, 1.54) is 7.05 Å². The number of nitrogens with one attached hydrogen (secondary N) is 4. The Bertz CT molecular complexity index is 1250. The number of hydrogen-bond donors (Lipinski definition) is 4. The second-order valence-electron chi connectivity index (χ2n) is 8.66. The minimum atomic E-state index is -0.416. The van der Waals surface area contributed by atoms with Gasteiger partial charge in [-0.2, -0.15) is 5.10 Å². The quantitative estimate of drug-likeness (QED) is 0.359. The zero-order valence-electron chi connectivity index (χ0n) is 19.5. The van der Waals surface area contributed by atoms with E-state index in [0.717, 1.165) is 32.5 Å². The molecule has 2 aliphatic rings. The van der Waals surface area contributed by atoms with Crippen LogP contribution in [0.2, 0.25) is 0 Å². The molecule has 0 unspecified atom stereocenters. The maximum atomic E-state index is 12.4. The Balaban J connectivity index is 1.44. The van der Waals surface area contributed by atoms with Crippen LogP contribution in [0, 0.1) is 11.8 Å². The van der Waals surface area contributed by atoms with Crippen molar-refractivity contribution in [3.8, 4) is 17.1 Å². The first-order chi connectivity index (χ1) is 17.1. The van der Waals surface area contributed by atoms with Gasteiger partial charge in [0.05, 0.1) is 24.0 Å². The molecule has 1 aromatic carbocycles. The summed E-state index contributed by atoms with van der Waals surface area (Å²) < 4.78 is 7.56. The summed E-state index contributed by atoms with van der Waals surface area (Å²) in [4.78, 5) is 29.1. The molecular formula is C23H27N9O3. The fourth-order valence-corrected chi connectivity index (χ4v) is 3.83. The first-order valence-corrected chi connectivity index (χ1v) is 11.5. The molecule has 4 N–H and O–H groups in total. The van der Waals surface area contributed by atoms with Crippen LogP contribution in [-0.4, -0.2) is 64.0 Å². The Morgan fingerprint density at radius 2 is 2.03 bits per heavy atom. The van der Waals surface area contributed by atoms with Crippen LogP contribution in [0.1, 0.15) is 23.3 Å². The third-order valence-corrected chi connectivity index (χ3v) is 6.01. The molecule has 0 atom stereocenters. The predicted molar refractivity (Wildman–Crippen MR) is 128 cm³/mol. The lowest BCUT2D eigenvalue weighted by molar-refractivity contribution is -0.117. The van der Waals surface area contributed by atoms with Gasteiger partial charge >= 0.3 is 0 Å². The average Bonchev–Trinajstić information content (AvgIpc) is 3.59. The standard InChI is InChI=1S/C23H27N9O3/c1-24-23(34)19-17(8-18(29-30-19)28-22(33)14-6-7-14)27-16-5-3-4-15(20(16)35-2)21-26-12-32(31-21)11-13-9-25-10-13/h3-5,8,12-14,25H,6-7,9-11H2,1-2H3,(H,24,34)(H2,27,28,29,33). The normalized spacial score (nSPS) is 15.3. The number of benzene rings is 1. The monoisotopic (exact) mass is 477 g/mol. The van der Waals surface area contributed by atoms with Gasteiger partial charge in [-0.15, -0.1) is 10.2 Å². The first-order valence-electron chi connectivity index (χ1n) is 11.5. The Kier molecular flexibility index (Phi) is 6.27. The summed E-state index contributed by atoms with van der Waals surface area (Å²) in [6.07, 6.45) is 3.45. The molecule has 3 aromatic rings. The molecule has 2 aromatic heterocycles. The van der Waals surface area contributed by atoms with E-state index in [0.29, 0.717) is 34.4 Å². The van der Waals surface area contributed by atoms with Gasteiger partial charge in [-0.3, -0.25) is 14.3 Å². The second kappa shape index (κ2) is 9.66. The summed E-state index contributed by atoms with van der Waals surface area (Å²) in [5.41, 5.74) is 1.74. The lowest BCUT2D eigenvalue weighted by atomic mass is 10.0. The highest BCUT2D eigenvalue weighted by atomic mass is 16.5. The predicted octanol–water partition coefficient (Wildman–Crippen LogP) is 1.41. The van der Waals surface area contributed by atoms with Crippen LogP contribution in [0.3, 0.4) is 0 Å². The molecular weight excluding hydrogens is 450 g/mol. The molecule has 0 radical (unpaired) electrons. The molecule has 0 bridgehead atoms. The minimum absolute atomic E-state index is 0.0106. The lowest BCUT2D eigenvalue weighted by Crippen LogP contribution is -2.44. The number of nitrogens with zero attached hydrogens (tertiary/aromatic N) is 5. The number of anilines is 3. The van der Waals surface area contributed by atoms with Crippen LogP contribution < -0.4 is 26.0 Å². The number of rotatable bonds is 9. The molecule has 35 heavy (non-hydrogen) atoms. The summed E-state index contributed by atoms with van der Waals surface area (Å²) in [6, 6.07) is 7.13. The third-order valence-electron chi connectivity index (χ3n) is 6.01. The fraction of sp³-hybridized carbons (Fsp3) is 0.391. The van der Waals surface area contributed by atoms with Gasteiger partial charge < -0.3 is 26.0 Å². The van der Waals surface area contributed by atoms with E-state index >= 15 is 0 Å². The molecule has 5 rings (SSSR count). The van der Waals surface area contributed by atoms with Gasteiger partial charge in [0.15, 0.2) is 23.1 Å². The van der Waals surface area contributed by atoms with E-state index in [2.05, 4.69) is 41.5 Å². The summed E-state index contributed by atoms with van der Waals surface area (Å²) in [7, 11) is 3.08. The van der Waals surface area contributed by atoms with Crippen molar-refractivity contribution in [3.63, 3.8) is 0 Å². The second-order valence-corrected chi connectivity index (χ2v) is 8.66. The summed E-state index contributed by atoms with van der Waals surface area (Å²) in [5, 5.41) is 24.5. The molecule has 1 aliphatic carbocycles. The molecule has 2 fully saturated rings. The number of para-hydroxylation sites is 1. The molecule has 12 nitrogen and oxygen atoms in total. The highest BCUT2D eigenvalue weighted by Gasteiger charge is 2.30. The van der Waals surface area contributed by atoms with Crippen molar-refractivity contribution in [1.29, 1.82) is 0 Å². The van der Waals surface area contributed by atoms with Gasteiger partial charge in [-0.1, -0.05) is 6.07 Å². The van der Waals surface area contributed by atoms with Crippen LogP contribution in [0.5, 0.6) is 5.75 Å². The van der Waals surface area contributed by atoms with Crippen LogP contribution in [0.4, 0.5) is 17.2 Å². The van der Waals surface area contributed by atoms with Crippen molar-refractivity contribution >= 4 is 29.0 Å². The highest BCUT2D eigenvalue weighted by molar-refractivity contribution is 6.00. The van der Waals surface area contributed by atoms with Crippen LogP contribution >= 0.6 is 0 Å². The number of hydrogen-bond acceptors (Lipinski definition) is 9. The zero-order valence-corrected chi connectivity index (χ0v) is 19.5. The Morgan fingerprint density at radius 1 is 1.20 bits per heavy atom. The lowest BCUT2D eigenvalue weighted by Gasteiger charge is -2.26. The van der Waals surface area contributed by atoms with Gasteiger partial charge in [-0.25, -0.2) is 4.98 Å². The fourth-order valence-electron chi connectivity index (χ4n) is 3.83. The zero-order chi connectivity index (χ0) is 24.4. The SMILES string of the molecule is CNC(=O)c1nnc(NC(=O)C2CC2)cc1Nc1cccc(-c2ncn(CC3CNC3)n2)c1OC. The van der Waals surface area contributed by atoms with Crippen LogP contribution in [0.25, 0.3) is 11.4 Å². The Labute approximate surface area is 201 Å². The minimum Gasteiger partial charge on any atom is -0.494 e. The summed E-state index contributed by atoms with van der Waals surface area (Å²) >= 11 is 0. The maximum Gasteiger partial charge on any atom is 0.273 e. The number of ether oxygens (including phenoxy) is 1. The number of carbonyl (C=O) groups excluding carboxylic acids is 2. The topological polar surface area (TPSA) is 148 Å². The summed E-state index contributed by atoms with van der Waals surface area (Å²) in [5.74, 6) is 1.36. The van der Waals surface area contributed by atoms with E-state index in [9.17, 15) is 9.59 Å². The summed E-state index contributed by atoms with van der Waals surface area (Å²) in [6.45, 7) is 2.76. The van der Waals surface area contributed by atoms with Gasteiger partial charge in [0.1, 0.15) is 6.33 Å². The molecule has 1 aliphatic heterocycles. The number of aromatic nitrogens is 5. The molecule has 1 saturated carbocycles. The Hall–Kier alpha value is -4.06. The molecule has 1 saturated heterocycles. The molecule has 3 heterocycles. The molecule has 182 valence electrons. The van der Waals surface area contributed by atoms with Crippen molar-refractivity contribution in [2.75, 3.05) is 37.9 Å².